The van der Waals surface area contributed by atoms with Gasteiger partial charge in [-0.05, 0) is 39.8 Å². The summed E-state index contributed by atoms with van der Waals surface area (Å²) in [4.78, 5) is 11.7. The van der Waals surface area contributed by atoms with Gasteiger partial charge in [0.15, 0.2) is 0 Å². The standard InChI is InChI=1S/C18H22O4/c1-11(2)17(19)21-12(3)14-9-13-7-8-18(4,5)22-15(13)10-16(14)20-6/h7-10,12H,1H2,2-6H3. The van der Waals surface area contributed by atoms with Crippen molar-refractivity contribution in [1.29, 1.82) is 0 Å². The van der Waals surface area contributed by atoms with Crippen molar-refractivity contribution in [3.05, 3.63) is 41.5 Å². The van der Waals surface area contributed by atoms with E-state index in [4.69, 9.17) is 14.2 Å². The van der Waals surface area contributed by atoms with Gasteiger partial charge in [-0.3, -0.25) is 0 Å². The Morgan fingerprint density at radius 1 is 1.36 bits per heavy atom. The Bertz CT molecular complexity index is 641. The molecule has 0 amide bonds. The lowest BCUT2D eigenvalue weighted by molar-refractivity contribution is -0.143. The number of rotatable bonds is 4. The molecule has 0 saturated carbocycles. The van der Waals surface area contributed by atoms with Crippen LogP contribution < -0.4 is 9.47 Å². The first-order valence-corrected chi connectivity index (χ1v) is 7.20. The molecule has 1 atom stereocenters. The van der Waals surface area contributed by atoms with Gasteiger partial charge in [0.1, 0.15) is 23.2 Å². The van der Waals surface area contributed by atoms with Gasteiger partial charge in [0.2, 0.25) is 0 Å². The molecular weight excluding hydrogens is 280 g/mol. The Labute approximate surface area is 131 Å². The van der Waals surface area contributed by atoms with E-state index in [0.29, 0.717) is 11.3 Å². The monoisotopic (exact) mass is 302 g/mol. The maximum absolute atomic E-state index is 11.7. The van der Waals surface area contributed by atoms with E-state index < -0.39 is 12.1 Å². The lowest BCUT2D eigenvalue weighted by Gasteiger charge is -2.29. The van der Waals surface area contributed by atoms with Gasteiger partial charge in [-0.2, -0.15) is 0 Å². The third-order valence-electron chi connectivity index (χ3n) is 3.47. The molecule has 1 aliphatic rings. The van der Waals surface area contributed by atoms with Crippen molar-refractivity contribution in [3.8, 4) is 11.5 Å². The third-order valence-corrected chi connectivity index (χ3v) is 3.47. The molecule has 0 saturated heterocycles. The van der Waals surface area contributed by atoms with E-state index in [2.05, 4.69) is 6.58 Å². The predicted octanol–water partition coefficient (Wildman–Crippen LogP) is 4.06. The third kappa shape index (κ3) is 3.32. The van der Waals surface area contributed by atoms with E-state index in [1.165, 1.54) is 0 Å². The van der Waals surface area contributed by atoms with E-state index in [0.717, 1.165) is 16.9 Å². The molecule has 118 valence electrons. The summed E-state index contributed by atoms with van der Waals surface area (Å²) in [5.74, 6) is 0.971. The molecule has 1 aromatic rings. The van der Waals surface area contributed by atoms with Crippen molar-refractivity contribution in [2.45, 2.75) is 39.4 Å². The van der Waals surface area contributed by atoms with E-state index >= 15 is 0 Å². The van der Waals surface area contributed by atoms with Crippen LogP contribution in [-0.2, 0) is 9.53 Å². The summed E-state index contributed by atoms with van der Waals surface area (Å²) in [6.45, 7) is 11.0. The zero-order valence-electron chi connectivity index (χ0n) is 13.7. The second-order valence-corrected chi connectivity index (χ2v) is 6.00. The number of benzene rings is 1. The quantitative estimate of drug-likeness (QED) is 0.621. The summed E-state index contributed by atoms with van der Waals surface area (Å²) in [5, 5.41) is 0. The fraction of sp³-hybridized carbons (Fsp3) is 0.389. The highest BCUT2D eigenvalue weighted by Gasteiger charge is 2.25. The van der Waals surface area contributed by atoms with Crippen LogP contribution in [0.3, 0.4) is 0 Å². The molecule has 0 aromatic heterocycles. The molecule has 22 heavy (non-hydrogen) atoms. The molecule has 1 heterocycles. The van der Waals surface area contributed by atoms with Crippen LogP contribution in [0.25, 0.3) is 6.08 Å². The highest BCUT2D eigenvalue weighted by Crippen LogP contribution is 2.39. The number of hydrogen-bond acceptors (Lipinski definition) is 4. The smallest absolute Gasteiger partial charge is 0.333 e. The first-order valence-electron chi connectivity index (χ1n) is 7.20. The minimum Gasteiger partial charge on any atom is -0.496 e. The van der Waals surface area contributed by atoms with Crippen molar-refractivity contribution in [2.75, 3.05) is 7.11 Å². The topological polar surface area (TPSA) is 44.8 Å². The highest BCUT2D eigenvalue weighted by molar-refractivity contribution is 5.87. The number of methoxy groups -OCH3 is 1. The van der Waals surface area contributed by atoms with Crippen LogP contribution in [0.4, 0.5) is 0 Å². The summed E-state index contributed by atoms with van der Waals surface area (Å²) in [7, 11) is 1.59. The van der Waals surface area contributed by atoms with Crippen molar-refractivity contribution in [1.82, 2.24) is 0 Å². The largest absolute Gasteiger partial charge is 0.496 e. The van der Waals surface area contributed by atoms with Crippen LogP contribution in [0.2, 0.25) is 0 Å². The fourth-order valence-corrected chi connectivity index (χ4v) is 2.24. The first kappa shape index (κ1) is 16.1. The summed E-state index contributed by atoms with van der Waals surface area (Å²) in [6.07, 6.45) is 3.57. The lowest BCUT2D eigenvalue weighted by Crippen LogP contribution is -2.27. The lowest BCUT2D eigenvalue weighted by atomic mass is 9.98. The zero-order valence-corrected chi connectivity index (χ0v) is 13.7. The van der Waals surface area contributed by atoms with Gasteiger partial charge in [-0.1, -0.05) is 12.7 Å². The average Bonchev–Trinajstić information content (AvgIpc) is 2.44. The Balaban J connectivity index is 2.37. The van der Waals surface area contributed by atoms with Crippen molar-refractivity contribution < 1.29 is 19.0 Å². The average molecular weight is 302 g/mol. The molecule has 0 bridgehead atoms. The van der Waals surface area contributed by atoms with Gasteiger partial charge in [0.25, 0.3) is 0 Å². The van der Waals surface area contributed by atoms with Gasteiger partial charge in [-0.15, -0.1) is 0 Å². The first-order chi connectivity index (χ1) is 10.2. The molecule has 0 radical (unpaired) electrons. The summed E-state index contributed by atoms with van der Waals surface area (Å²) in [5.41, 5.74) is 1.75. The van der Waals surface area contributed by atoms with E-state index in [1.807, 2.05) is 45.1 Å². The number of carbonyl (C=O) groups excluding carboxylic acids is 1. The van der Waals surface area contributed by atoms with Crippen LogP contribution in [0.5, 0.6) is 11.5 Å². The van der Waals surface area contributed by atoms with Crippen LogP contribution in [0, 0.1) is 0 Å². The molecular formula is C18H22O4. The summed E-state index contributed by atoms with van der Waals surface area (Å²) < 4.78 is 16.7. The van der Waals surface area contributed by atoms with Crippen LogP contribution in [0.1, 0.15) is 44.9 Å². The number of hydrogen-bond donors (Lipinski definition) is 0. The molecule has 1 aromatic carbocycles. The molecule has 0 aliphatic carbocycles. The zero-order chi connectivity index (χ0) is 16.5. The van der Waals surface area contributed by atoms with Crippen molar-refractivity contribution >= 4 is 12.0 Å². The summed E-state index contributed by atoms with van der Waals surface area (Å²) in [6, 6.07) is 3.76. The second-order valence-electron chi connectivity index (χ2n) is 6.00. The number of esters is 1. The van der Waals surface area contributed by atoms with Gasteiger partial charge in [0.05, 0.1) is 7.11 Å². The number of fused-ring (bicyclic) bond motifs is 1. The van der Waals surface area contributed by atoms with Gasteiger partial charge in [0, 0.05) is 22.8 Å². The Morgan fingerprint density at radius 3 is 2.64 bits per heavy atom. The molecule has 0 N–H and O–H groups in total. The molecule has 4 heteroatoms. The van der Waals surface area contributed by atoms with Crippen molar-refractivity contribution in [2.24, 2.45) is 0 Å². The molecule has 1 aliphatic heterocycles. The fourth-order valence-electron chi connectivity index (χ4n) is 2.24. The van der Waals surface area contributed by atoms with Crippen LogP contribution in [0.15, 0.2) is 30.4 Å². The van der Waals surface area contributed by atoms with E-state index in [1.54, 1.807) is 14.0 Å². The SMILES string of the molecule is C=C(C)C(=O)OC(C)c1cc2c(cc1OC)OC(C)(C)C=C2. The maximum atomic E-state index is 11.7. The van der Waals surface area contributed by atoms with Gasteiger partial charge in [-0.25, -0.2) is 4.79 Å². The Kier molecular flexibility index (Phi) is 4.31. The molecule has 2 rings (SSSR count). The van der Waals surface area contributed by atoms with Gasteiger partial charge >= 0.3 is 5.97 Å². The minimum atomic E-state index is -0.437. The Morgan fingerprint density at radius 2 is 2.05 bits per heavy atom. The van der Waals surface area contributed by atoms with Crippen LogP contribution >= 0.6 is 0 Å². The van der Waals surface area contributed by atoms with Crippen molar-refractivity contribution in [3.63, 3.8) is 0 Å². The molecule has 4 nitrogen and oxygen atoms in total. The highest BCUT2D eigenvalue weighted by atomic mass is 16.5. The molecule has 0 spiro atoms. The van der Waals surface area contributed by atoms with Crippen LogP contribution in [-0.4, -0.2) is 18.7 Å². The number of ether oxygens (including phenoxy) is 3. The second kappa shape index (κ2) is 5.87. The van der Waals surface area contributed by atoms with E-state index in [-0.39, 0.29) is 5.60 Å². The predicted molar refractivity (Wildman–Crippen MR) is 86.1 cm³/mol. The minimum absolute atomic E-state index is 0.350. The molecule has 0 fully saturated rings. The number of carbonyl (C=O) groups is 1. The molecule has 1 unspecified atom stereocenters. The van der Waals surface area contributed by atoms with E-state index in [9.17, 15) is 4.79 Å². The maximum Gasteiger partial charge on any atom is 0.333 e. The van der Waals surface area contributed by atoms with Gasteiger partial charge < -0.3 is 14.2 Å². The normalized spacial score (nSPS) is 16.2. The Hall–Kier alpha value is -2.23. The summed E-state index contributed by atoms with van der Waals surface area (Å²) >= 11 is 0.